The Hall–Kier alpha value is -3.80. The number of nitrogen functional groups attached to an aromatic ring is 1. The summed E-state index contributed by atoms with van der Waals surface area (Å²) in [5.41, 5.74) is 7.62. The molecule has 0 aliphatic heterocycles. The number of carbonyl (C=O) groups is 2. The van der Waals surface area contributed by atoms with E-state index in [1.165, 1.54) is 14.2 Å². The quantitative estimate of drug-likeness (QED) is 0.410. The van der Waals surface area contributed by atoms with Crippen molar-refractivity contribution in [2.24, 2.45) is 0 Å². The number of benzene rings is 3. The van der Waals surface area contributed by atoms with Crippen molar-refractivity contribution in [3.63, 3.8) is 0 Å². The van der Waals surface area contributed by atoms with Crippen LogP contribution in [0.4, 0.5) is 5.69 Å². The number of furan rings is 1. The zero-order valence-electron chi connectivity index (χ0n) is 15.5. The fourth-order valence-electron chi connectivity index (χ4n) is 2.81. The van der Waals surface area contributed by atoms with Gasteiger partial charge in [-0.1, -0.05) is 42.5 Å². The van der Waals surface area contributed by atoms with Crippen LogP contribution in [0.1, 0.15) is 20.7 Å². The van der Waals surface area contributed by atoms with Gasteiger partial charge in [-0.3, -0.25) is 0 Å². The summed E-state index contributed by atoms with van der Waals surface area (Å²) in [7, 11) is 2.62. The predicted molar refractivity (Wildman–Crippen MR) is 107 cm³/mol. The van der Waals surface area contributed by atoms with Crippen LogP contribution in [-0.2, 0) is 9.47 Å². The Morgan fingerprint density at radius 2 is 1.18 bits per heavy atom. The van der Waals surface area contributed by atoms with Crippen LogP contribution in [-0.4, -0.2) is 26.2 Å². The van der Waals surface area contributed by atoms with Gasteiger partial charge in [0.1, 0.15) is 22.3 Å². The lowest BCUT2D eigenvalue weighted by molar-refractivity contribution is 0.0594. The summed E-state index contributed by atoms with van der Waals surface area (Å²) in [6.45, 7) is 0. The first-order chi connectivity index (χ1) is 13.6. The molecule has 3 aromatic carbocycles. The topological polar surface area (TPSA) is 91.8 Å². The van der Waals surface area contributed by atoms with Crippen molar-refractivity contribution in [3.05, 3.63) is 77.9 Å². The fraction of sp³-hybridized carbons (Fsp3) is 0.0909. The number of esters is 2. The van der Waals surface area contributed by atoms with Crippen molar-refractivity contribution in [2.45, 2.75) is 0 Å². The lowest BCUT2D eigenvalue weighted by Gasteiger charge is -1.99. The predicted octanol–water partition coefficient (Wildman–Crippen LogP) is 4.43. The van der Waals surface area contributed by atoms with Crippen LogP contribution in [0.25, 0.3) is 21.9 Å². The van der Waals surface area contributed by atoms with Crippen LogP contribution < -0.4 is 5.73 Å². The molecule has 0 aliphatic rings. The van der Waals surface area contributed by atoms with Crippen LogP contribution >= 0.6 is 0 Å². The number of carbonyl (C=O) groups excluding carboxylic acids is 2. The molecule has 1 aromatic heterocycles. The van der Waals surface area contributed by atoms with Gasteiger partial charge in [0.15, 0.2) is 0 Å². The van der Waals surface area contributed by atoms with Crippen molar-refractivity contribution in [1.29, 1.82) is 0 Å². The van der Waals surface area contributed by atoms with Crippen LogP contribution in [0, 0.1) is 0 Å². The first-order valence-electron chi connectivity index (χ1n) is 8.48. The van der Waals surface area contributed by atoms with E-state index in [1.807, 2.05) is 42.5 Å². The highest BCUT2D eigenvalue weighted by Crippen LogP contribution is 2.33. The van der Waals surface area contributed by atoms with Gasteiger partial charge in [-0.2, -0.15) is 0 Å². The van der Waals surface area contributed by atoms with E-state index in [0.29, 0.717) is 22.3 Å². The first-order valence-corrected chi connectivity index (χ1v) is 8.48. The minimum absolute atomic E-state index is 0.321. The molecular formula is C22H19NO5. The summed E-state index contributed by atoms with van der Waals surface area (Å²) >= 11 is 0. The highest BCUT2D eigenvalue weighted by molar-refractivity contribution is 6.15. The van der Waals surface area contributed by atoms with Crippen LogP contribution in [0.3, 0.4) is 0 Å². The molecule has 6 heteroatoms. The summed E-state index contributed by atoms with van der Waals surface area (Å²) in [6, 6.07) is 19.9. The highest BCUT2D eigenvalue weighted by Gasteiger charge is 2.20. The molecule has 0 bridgehead atoms. The van der Waals surface area contributed by atoms with Gasteiger partial charge < -0.3 is 19.6 Å². The number of hydrogen-bond donors (Lipinski definition) is 1. The Kier molecular flexibility index (Phi) is 5.60. The number of methoxy groups -OCH3 is 2. The maximum Gasteiger partial charge on any atom is 0.341 e. The zero-order valence-corrected chi connectivity index (χ0v) is 15.5. The number of ether oxygens (including phenoxy) is 2. The summed E-state index contributed by atoms with van der Waals surface area (Å²) in [4.78, 5) is 23.6. The molecule has 0 atom stereocenters. The average molecular weight is 377 g/mol. The first kappa shape index (κ1) is 19.0. The Morgan fingerprint density at radius 1 is 0.714 bits per heavy atom. The molecule has 6 nitrogen and oxygen atoms in total. The van der Waals surface area contributed by atoms with Crippen molar-refractivity contribution in [2.75, 3.05) is 20.0 Å². The molecular weight excluding hydrogens is 358 g/mol. The normalized spacial score (nSPS) is 10.2. The molecule has 28 heavy (non-hydrogen) atoms. The molecule has 0 radical (unpaired) electrons. The second-order valence-corrected chi connectivity index (χ2v) is 5.86. The second-order valence-electron chi connectivity index (χ2n) is 5.86. The third kappa shape index (κ3) is 3.66. The molecule has 4 rings (SSSR count). The molecule has 0 saturated carbocycles. The molecule has 142 valence electrons. The van der Waals surface area contributed by atoms with Gasteiger partial charge in [0, 0.05) is 16.5 Å². The van der Waals surface area contributed by atoms with E-state index in [1.54, 1.807) is 24.3 Å². The van der Waals surface area contributed by atoms with Gasteiger partial charge in [-0.05, 0) is 24.3 Å². The zero-order chi connectivity index (χ0) is 20.1. The number of anilines is 1. The molecule has 0 fully saturated rings. The number of fused-ring (bicyclic) bond motifs is 3. The van der Waals surface area contributed by atoms with Crippen LogP contribution in [0.2, 0.25) is 0 Å². The number of rotatable bonds is 2. The molecule has 0 aliphatic carbocycles. The third-order valence-corrected chi connectivity index (χ3v) is 4.13. The molecule has 0 amide bonds. The highest BCUT2D eigenvalue weighted by atomic mass is 16.5. The van der Waals surface area contributed by atoms with Gasteiger partial charge in [0.05, 0.1) is 14.2 Å². The summed E-state index contributed by atoms with van der Waals surface area (Å²) in [5, 5.41) is 1.50. The molecule has 0 saturated heterocycles. The molecule has 4 aromatic rings. The maximum absolute atomic E-state index is 11.8. The second kappa shape index (κ2) is 8.26. The Morgan fingerprint density at radius 3 is 1.54 bits per heavy atom. The summed E-state index contributed by atoms with van der Waals surface area (Å²) in [5.74, 6) is -0.974. The monoisotopic (exact) mass is 377 g/mol. The van der Waals surface area contributed by atoms with Crippen molar-refractivity contribution in [1.82, 2.24) is 0 Å². The smallest absolute Gasteiger partial charge is 0.341 e. The average Bonchev–Trinajstić information content (AvgIpc) is 3.12. The largest absolute Gasteiger partial charge is 0.465 e. The minimum atomic E-state index is -0.487. The van der Waals surface area contributed by atoms with Gasteiger partial charge in [-0.25, -0.2) is 9.59 Å². The summed E-state index contributed by atoms with van der Waals surface area (Å²) < 4.78 is 15.3. The van der Waals surface area contributed by atoms with Gasteiger partial charge >= 0.3 is 11.9 Å². The molecule has 0 spiro atoms. The third-order valence-electron chi connectivity index (χ3n) is 4.13. The molecule has 0 unspecified atom stereocenters. The van der Waals surface area contributed by atoms with E-state index in [4.69, 9.17) is 19.6 Å². The van der Waals surface area contributed by atoms with E-state index in [-0.39, 0.29) is 0 Å². The number of para-hydroxylation sites is 3. The van der Waals surface area contributed by atoms with E-state index in [9.17, 15) is 9.59 Å². The standard InChI is InChI=1S/C16H12O5.C6H7N/c1-19-15(17)11-7-3-5-9-10-6-4-8-12(16(18)20-2)14(10)21-13(9)11;7-6-4-2-1-3-5-6/h3-8H,1-2H3;1-5H,7H2. The van der Waals surface area contributed by atoms with E-state index in [2.05, 4.69) is 0 Å². The lowest BCUT2D eigenvalue weighted by Crippen LogP contribution is -2.01. The van der Waals surface area contributed by atoms with Crippen LogP contribution in [0.15, 0.2) is 71.1 Å². The van der Waals surface area contributed by atoms with Gasteiger partial charge in [0.2, 0.25) is 0 Å². The fourth-order valence-corrected chi connectivity index (χ4v) is 2.81. The van der Waals surface area contributed by atoms with Gasteiger partial charge in [-0.15, -0.1) is 0 Å². The SMILES string of the molecule is COC(=O)c1cccc2c1oc1c(C(=O)OC)cccc12.Nc1ccccc1. The number of hydrogen-bond acceptors (Lipinski definition) is 6. The van der Waals surface area contributed by atoms with E-state index >= 15 is 0 Å². The Balaban J connectivity index is 0.000000271. The molecule has 2 N–H and O–H groups in total. The Bertz CT molecular complexity index is 1060. The van der Waals surface area contributed by atoms with E-state index < -0.39 is 11.9 Å². The lowest BCUT2D eigenvalue weighted by atomic mass is 10.1. The van der Waals surface area contributed by atoms with E-state index in [0.717, 1.165) is 16.5 Å². The van der Waals surface area contributed by atoms with Crippen molar-refractivity contribution in [3.8, 4) is 0 Å². The van der Waals surface area contributed by atoms with Crippen molar-refractivity contribution < 1.29 is 23.5 Å². The van der Waals surface area contributed by atoms with Crippen LogP contribution in [0.5, 0.6) is 0 Å². The molecule has 1 heterocycles. The summed E-state index contributed by atoms with van der Waals surface area (Å²) in [6.07, 6.45) is 0. The maximum atomic E-state index is 11.8. The number of nitrogens with two attached hydrogens (primary N) is 1. The Labute approximate surface area is 161 Å². The van der Waals surface area contributed by atoms with Gasteiger partial charge in [0.25, 0.3) is 0 Å². The van der Waals surface area contributed by atoms with Crippen molar-refractivity contribution >= 4 is 39.6 Å². The minimum Gasteiger partial charge on any atom is -0.465 e.